The van der Waals surface area contributed by atoms with Gasteiger partial charge < -0.3 is 15.8 Å². The fourth-order valence-corrected chi connectivity index (χ4v) is 3.67. The van der Waals surface area contributed by atoms with Crippen LogP contribution in [0.15, 0.2) is 54.7 Å². The lowest BCUT2D eigenvalue weighted by molar-refractivity contribution is 0.0999. The molecule has 32 heavy (non-hydrogen) atoms. The van der Waals surface area contributed by atoms with E-state index in [2.05, 4.69) is 30.2 Å². The van der Waals surface area contributed by atoms with Gasteiger partial charge in [-0.15, -0.1) is 5.10 Å². The minimum absolute atomic E-state index is 0.401. The second-order valence-corrected chi connectivity index (χ2v) is 8.03. The molecule has 0 aliphatic rings. The van der Waals surface area contributed by atoms with Gasteiger partial charge in [0.05, 0.1) is 17.6 Å². The van der Waals surface area contributed by atoms with Crippen LogP contribution in [-0.2, 0) is 0 Å². The summed E-state index contributed by atoms with van der Waals surface area (Å²) in [6.07, 6.45) is 1.77. The lowest BCUT2D eigenvalue weighted by atomic mass is 10.0. The molecule has 0 saturated carbocycles. The van der Waals surface area contributed by atoms with Gasteiger partial charge in [0.15, 0.2) is 5.65 Å². The van der Waals surface area contributed by atoms with Gasteiger partial charge in [-0.05, 0) is 55.2 Å². The van der Waals surface area contributed by atoms with Crippen molar-refractivity contribution in [3.63, 3.8) is 0 Å². The van der Waals surface area contributed by atoms with Crippen molar-refractivity contribution in [1.29, 1.82) is 0 Å². The quantitative estimate of drug-likeness (QED) is 0.424. The number of aryl methyl sites for hydroxylation is 1. The maximum Gasteiger partial charge on any atom is 0.248 e. The number of aromatic nitrogens is 3. The highest BCUT2D eigenvalue weighted by molar-refractivity contribution is 5.94. The molecule has 0 spiro atoms. The zero-order chi connectivity index (χ0) is 22.8. The zero-order valence-corrected chi connectivity index (χ0v) is 18.7. The van der Waals surface area contributed by atoms with Crippen LogP contribution in [0.4, 0.5) is 5.69 Å². The molecule has 0 unspecified atom stereocenters. The van der Waals surface area contributed by atoms with Crippen molar-refractivity contribution < 1.29 is 9.53 Å². The highest BCUT2D eigenvalue weighted by atomic mass is 16.5. The number of ether oxygens (including phenoxy) is 1. The predicted molar refractivity (Wildman–Crippen MR) is 126 cm³/mol. The second-order valence-electron chi connectivity index (χ2n) is 8.03. The van der Waals surface area contributed by atoms with Crippen LogP contribution < -0.4 is 15.8 Å². The molecule has 164 valence electrons. The molecule has 0 bridgehead atoms. The maximum absolute atomic E-state index is 11.6. The number of hydrogen-bond donors (Lipinski definition) is 2. The zero-order valence-electron chi connectivity index (χ0n) is 18.7. The van der Waals surface area contributed by atoms with Crippen LogP contribution in [0.5, 0.6) is 11.6 Å². The van der Waals surface area contributed by atoms with E-state index in [0.29, 0.717) is 23.0 Å². The van der Waals surface area contributed by atoms with E-state index >= 15 is 0 Å². The normalized spacial score (nSPS) is 11.2. The number of fused-ring (bicyclic) bond motifs is 1. The van der Waals surface area contributed by atoms with Crippen LogP contribution in [0, 0.1) is 6.92 Å². The molecule has 2 aromatic carbocycles. The molecule has 0 saturated heterocycles. The van der Waals surface area contributed by atoms with E-state index in [9.17, 15) is 4.79 Å². The molecule has 0 atom stereocenters. The summed E-state index contributed by atoms with van der Waals surface area (Å²) in [5.74, 6) is 1.14. The number of nitrogens with two attached hydrogens (primary N) is 1. The van der Waals surface area contributed by atoms with Crippen LogP contribution in [0.2, 0.25) is 0 Å². The Morgan fingerprint density at radius 2 is 2.00 bits per heavy atom. The first-order valence-electron chi connectivity index (χ1n) is 10.7. The van der Waals surface area contributed by atoms with E-state index in [-0.39, 0.29) is 0 Å². The number of amides is 1. The molecule has 7 heteroatoms. The first-order valence-corrected chi connectivity index (χ1v) is 10.7. The SMILES string of the molecule is CCNc1cc(Oc2cccc(C(C)C)c2)nn2c(-c3ccc(C(N)=O)c(C)c3)cnc12. The number of carbonyl (C=O) groups excluding carboxylic acids is 1. The van der Waals surface area contributed by atoms with Crippen molar-refractivity contribution in [3.8, 4) is 22.9 Å². The number of rotatable bonds is 7. The van der Waals surface area contributed by atoms with Crippen molar-refractivity contribution in [1.82, 2.24) is 14.6 Å². The van der Waals surface area contributed by atoms with Crippen molar-refractivity contribution in [2.24, 2.45) is 5.73 Å². The van der Waals surface area contributed by atoms with Gasteiger partial charge in [0.25, 0.3) is 0 Å². The van der Waals surface area contributed by atoms with E-state index in [0.717, 1.165) is 34.8 Å². The fourth-order valence-electron chi connectivity index (χ4n) is 3.67. The molecule has 2 heterocycles. The number of benzene rings is 2. The highest BCUT2D eigenvalue weighted by Crippen LogP contribution is 2.30. The van der Waals surface area contributed by atoms with Gasteiger partial charge in [0.1, 0.15) is 5.75 Å². The standard InChI is InChI=1S/C25H27N5O2/c1-5-27-21-13-23(32-19-8-6-7-17(12-19)15(2)3)29-30-22(14-28-25(21)30)18-9-10-20(24(26)31)16(4)11-18/h6-15,27H,5H2,1-4H3,(H2,26,31). The average molecular weight is 430 g/mol. The van der Waals surface area contributed by atoms with E-state index in [4.69, 9.17) is 15.6 Å². The van der Waals surface area contributed by atoms with Crippen molar-refractivity contribution >= 4 is 17.2 Å². The largest absolute Gasteiger partial charge is 0.437 e. The third-order valence-corrected chi connectivity index (χ3v) is 5.35. The van der Waals surface area contributed by atoms with Gasteiger partial charge in [-0.2, -0.15) is 0 Å². The van der Waals surface area contributed by atoms with E-state index in [1.807, 2.05) is 50.2 Å². The number of primary amides is 1. The number of hydrogen-bond acceptors (Lipinski definition) is 5. The van der Waals surface area contributed by atoms with Crippen LogP contribution in [0.25, 0.3) is 16.9 Å². The summed E-state index contributed by atoms with van der Waals surface area (Å²) >= 11 is 0. The van der Waals surface area contributed by atoms with Gasteiger partial charge >= 0.3 is 0 Å². The molecule has 0 fully saturated rings. The summed E-state index contributed by atoms with van der Waals surface area (Å²) in [5, 5.41) is 8.05. The maximum atomic E-state index is 11.6. The number of anilines is 1. The molecule has 0 radical (unpaired) electrons. The smallest absolute Gasteiger partial charge is 0.248 e. The Morgan fingerprint density at radius 3 is 2.69 bits per heavy atom. The molecule has 4 rings (SSSR count). The Morgan fingerprint density at radius 1 is 1.19 bits per heavy atom. The van der Waals surface area contributed by atoms with Gasteiger partial charge in [0.2, 0.25) is 11.8 Å². The van der Waals surface area contributed by atoms with Crippen LogP contribution in [0.1, 0.15) is 48.2 Å². The number of nitrogens with one attached hydrogen (secondary N) is 1. The molecule has 0 aliphatic heterocycles. The van der Waals surface area contributed by atoms with Crippen LogP contribution in [-0.4, -0.2) is 27.0 Å². The summed E-state index contributed by atoms with van der Waals surface area (Å²) in [5.41, 5.74) is 11.2. The number of imidazole rings is 1. The molecule has 7 nitrogen and oxygen atoms in total. The number of nitrogens with zero attached hydrogens (tertiary/aromatic N) is 3. The topological polar surface area (TPSA) is 94.5 Å². The Balaban J connectivity index is 1.80. The highest BCUT2D eigenvalue weighted by Gasteiger charge is 2.15. The minimum atomic E-state index is -0.445. The molecule has 3 N–H and O–H groups in total. The Bertz CT molecular complexity index is 1290. The minimum Gasteiger partial charge on any atom is -0.437 e. The van der Waals surface area contributed by atoms with E-state index < -0.39 is 5.91 Å². The molecule has 1 amide bonds. The lowest BCUT2D eigenvalue weighted by Gasteiger charge is -2.12. The van der Waals surface area contributed by atoms with Gasteiger partial charge in [-0.3, -0.25) is 4.79 Å². The third-order valence-electron chi connectivity index (χ3n) is 5.35. The monoisotopic (exact) mass is 429 g/mol. The van der Waals surface area contributed by atoms with E-state index in [1.165, 1.54) is 5.56 Å². The predicted octanol–water partition coefficient (Wildman–Crippen LogP) is 5.15. The van der Waals surface area contributed by atoms with Gasteiger partial charge in [0, 0.05) is 23.7 Å². The van der Waals surface area contributed by atoms with Crippen molar-refractivity contribution in [2.45, 2.75) is 33.6 Å². The summed E-state index contributed by atoms with van der Waals surface area (Å²) in [6, 6.07) is 15.4. The summed E-state index contributed by atoms with van der Waals surface area (Å²) in [4.78, 5) is 16.2. The van der Waals surface area contributed by atoms with Crippen molar-refractivity contribution in [2.75, 3.05) is 11.9 Å². The van der Waals surface area contributed by atoms with Gasteiger partial charge in [-0.25, -0.2) is 9.50 Å². The molecule has 0 aliphatic carbocycles. The Labute approximate surface area is 187 Å². The third kappa shape index (κ3) is 4.14. The van der Waals surface area contributed by atoms with Crippen molar-refractivity contribution in [3.05, 3.63) is 71.4 Å². The summed E-state index contributed by atoms with van der Waals surface area (Å²) < 4.78 is 7.90. The average Bonchev–Trinajstić information content (AvgIpc) is 3.18. The Kier molecular flexibility index (Phi) is 5.81. The second kappa shape index (κ2) is 8.70. The lowest BCUT2D eigenvalue weighted by Crippen LogP contribution is -2.12. The number of carbonyl (C=O) groups is 1. The Hall–Kier alpha value is -3.87. The molecular weight excluding hydrogens is 402 g/mol. The van der Waals surface area contributed by atoms with Crippen LogP contribution in [0.3, 0.4) is 0 Å². The molecular formula is C25H27N5O2. The fraction of sp³-hybridized carbons (Fsp3) is 0.240. The first kappa shape index (κ1) is 21.4. The molecule has 4 aromatic rings. The van der Waals surface area contributed by atoms with E-state index in [1.54, 1.807) is 16.8 Å². The first-order chi connectivity index (χ1) is 15.4. The van der Waals surface area contributed by atoms with Gasteiger partial charge in [-0.1, -0.05) is 32.0 Å². The summed E-state index contributed by atoms with van der Waals surface area (Å²) in [6.45, 7) is 8.92. The summed E-state index contributed by atoms with van der Waals surface area (Å²) in [7, 11) is 0. The molecule has 2 aromatic heterocycles. The van der Waals surface area contributed by atoms with Crippen LogP contribution >= 0.6 is 0 Å².